The van der Waals surface area contributed by atoms with Crippen molar-refractivity contribution in [3.05, 3.63) is 0 Å². The summed E-state index contributed by atoms with van der Waals surface area (Å²) in [6.45, 7) is 0.701. The Morgan fingerprint density at radius 3 is 2.21 bits per heavy atom. The highest BCUT2D eigenvalue weighted by atomic mass is 19.4. The topological polar surface area (TPSA) is 29.3 Å². The summed E-state index contributed by atoms with van der Waals surface area (Å²) in [6.07, 6.45) is 1.45. The van der Waals surface area contributed by atoms with Gasteiger partial charge in [-0.15, -0.1) is 0 Å². The third kappa shape index (κ3) is 3.43. The third-order valence-electron chi connectivity index (χ3n) is 5.18. The summed E-state index contributed by atoms with van der Waals surface area (Å²) in [5, 5.41) is 0. The number of nitrogens with two attached hydrogens (primary N) is 1. The average molecular weight is 278 g/mol. The van der Waals surface area contributed by atoms with Gasteiger partial charge in [0.25, 0.3) is 0 Å². The molecule has 0 heterocycles. The molecule has 2 unspecified atom stereocenters. The fourth-order valence-corrected chi connectivity index (χ4v) is 3.91. The highest BCUT2D eigenvalue weighted by molar-refractivity contribution is 4.90. The van der Waals surface area contributed by atoms with Gasteiger partial charge < -0.3 is 10.6 Å². The maximum atomic E-state index is 12.7. The molecule has 0 radical (unpaired) electrons. The molecule has 0 saturated heterocycles. The van der Waals surface area contributed by atoms with E-state index in [-0.39, 0.29) is 0 Å². The predicted octanol–water partition coefficient (Wildman–Crippen LogP) is 3.17. The zero-order valence-corrected chi connectivity index (χ0v) is 11.6. The Morgan fingerprint density at radius 1 is 1.05 bits per heavy atom. The molecule has 112 valence electrons. The molecule has 0 aromatic heterocycles. The number of alkyl halides is 3. The van der Waals surface area contributed by atoms with E-state index >= 15 is 0 Å². The minimum atomic E-state index is -4.00. The Morgan fingerprint density at radius 2 is 1.68 bits per heavy atom. The van der Waals surface area contributed by atoms with Crippen LogP contribution in [0, 0.1) is 11.8 Å². The largest absolute Gasteiger partial charge is 0.391 e. The lowest BCUT2D eigenvalue weighted by molar-refractivity contribution is -0.184. The Hall–Kier alpha value is -0.290. The van der Waals surface area contributed by atoms with Gasteiger partial charge in [0, 0.05) is 12.1 Å². The van der Waals surface area contributed by atoms with Gasteiger partial charge in [-0.05, 0) is 58.0 Å². The van der Waals surface area contributed by atoms with Crippen LogP contribution in [0.3, 0.4) is 0 Å². The molecule has 2 atom stereocenters. The van der Waals surface area contributed by atoms with Gasteiger partial charge in [-0.1, -0.05) is 6.42 Å². The van der Waals surface area contributed by atoms with Crippen molar-refractivity contribution in [3.63, 3.8) is 0 Å². The zero-order chi connectivity index (χ0) is 14.0. The van der Waals surface area contributed by atoms with Crippen LogP contribution in [0.5, 0.6) is 0 Å². The van der Waals surface area contributed by atoms with Gasteiger partial charge in [-0.3, -0.25) is 0 Å². The zero-order valence-electron chi connectivity index (χ0n) is 11.6. The number of halogens is 3. The van der Waals surface area contributed by atoms with Crippen molar-refractivity contribution in [2.24, 2.45) is 17.6 Å². The summed E-state index contributed by atoms with van der Waals surface area (Å²) in [7, 11) is 2.08. The highest BCUT2D eigenvalue weighted by Crippen LogP contribution is 2.40. The van der Waals surface area contributed by atoms with Crippen LogP contribution in [0.1, 0.15) is 44.9 Å². The second-order valence-corrected chi connectivity index (χ2v) is 6.21. The molecule has 2 aliphatic rings. The number of nitrogens with zero attached hydrogens (tertiary/aromatic N) is 1. The standard InChI is InChI=1S/C14H25F3N2/c1-19(13-4-2-3-10(13)9-18)12-7-5-11(6-8-12)14(15,16)17/h10-13H,2-9,18H2,1H3. The van der Waals surface area contributed by atoms with Crippen molar-refractivity contribution in [2.75, 3.05) is 13.6 Å². The quantitative estimate of drug-likeness (QED) is 0.859. The lowest BCUT2D eigenvalue weighted by Gasteiger charge is -2.40. The summed E-state index contributed by atoms with van der Waals surface area (Å²) in [5.41, 5.74) is 5.80. The molecule has 2 saturated carbocycles. The van der Waals surface area contributed by atoms with E-state index in [1.807, 2.05) is 0 Å². The molecular formula is C14H25F3N2. The molecule has 0 amide bonds. The van der Waals surface area contributed by atoms with E-state index in [2.05, 4.69) is 11.9 Å². The number of hydrogen-bond acceptors (Lipinski definition) is 2. The van der Waals surface area contributed by atoms with Gasteiger partial charge in [-0.2, -0.15) is 13.2 Å². The van der Waals surface area contributed by atoms with Gasteiger partial charge >= 0.3 is 6.18 Å². The second-order valence-electron chi connectivity index (χ2n) is 6.21. The van der Waals surface area contributed by atoms with E-state index in [1.54, 1.807) is 0 Å². The maximum absolute atomic E-state index is 12.7. The first kappa shape index (κ1) is 15.1. The molecule has 2 fully saturated rings. The minimum Gasteiger partial charge on any atom is -0.330 e. The van der Waals surface area contributed by atoms with Crippen LogP contribution in [-0.2, 0) is 0 Å². The second kappa shape index (κ2) is 6.00. The summed E-state index contributed by atoms with van der Waals surface area (Å²) in [6, 6.07) is 0.799. The first-order valence-corrected chi connectivity index (χ1v) is 7.42. The number of hydrogen-bond donors (Lipinski definition) is 1. The van der Waals surface area contributed by atoms with E-state index in [4.69, 9.17) is 5.73 Å². The van der Waals surface area contributed by atoms with Crippen molar-refractivity contribution >= 4 is 0 Å². The molecule has 19 heavy (non-hydrogen) atoms. The molecule has 0 aromatic carbocycles. The smallest absolute Gasteiger partial charge is 0.330 e. The lowest BCUT2D eigenvalue weighted by Crippen LogP contribution is -2.46. The summed E-state index contributed by atoms with van der Waals surface area (Å²) in [5.74, 6) is -0.545. The van der Waals surface area contributed by atoms with Crippen LogP contribution in [0.4, 0.5) is 13.2 Å². The Bertz CT molecular complexity index is 285. The summed E-state index contributed by atoms with van der Waals surface area (Å²) >= 11 is 0. The molecule has 0 aliphatic heterocycles. The molecular weight excluding hydrogens is 253 g/mol. The van der Waals surface area contributed by atoms with E-state index in [1.165, 1.54) is 12.8 Å². The van der Waals surface area contributed by atoms with Gasteiger partial charge in [0.15, 0.2) is 0 Å². The Balaban J connectivity index is 1.87. The molecule has 5 heteroatoms. The van der Waals surface area contributed by atoms with Gasteiger partial charge in [0.1, 0.15) is 0 Å². The monoisotopic (exact) mass is 278 g/mol. The van der Waals surface area contributed by atoms with E-state index < -0.39 is 12.1 Å². The van der Waals surface area contributed by atoms with Crippen molar-refractivity contribution in [2.45, 2.75) is 63.2 Å². The average Bonchev–Trinajstić information content (AvgIpc) is 2.85. The van der Waals surface area contributed by atoms with Gasteiger partial charge in [-0.25, -0.2) is 0 Å². The lowest BCUT2D eigenvalue weighted by atomic mass is 9.84. The van der Waals surface area contributed by atoms with Crippen LogP contribution in [0.25, 0.3) is 0 Å². The Labute approximate surface area is 113 Å². The summed E-state index contributed by atoms with van der Waals surface area (Å²) in [4.78, 5) is 2.33. The third-order valence-corrected chi connectivity index (χ3v) is 5.18. The van der Waals surface area contributed by atoms with Crippen molar-refractivity contribution in [1.82, 2.24) is 4.90 Å². The van der Waals surface area contributed by atoms with Crippen molar-refractivity contribution in [3.8, 4) is 0 Å². The highest BCUT2D eigenvalue weighted by Gasteiger charge is 2.43. The first-order valence-electron chi connectivity index (χ1n) is 7.42. The SMILES string of the molecule is CN(C1CCC(C(F)(F)F)CC1)C1CCCC1CN. The predicted molar refractivity (Wildman–Crippen MR) is 69.7 cm³/mol. The normalized spacial score (nSPS) is 36.9. The molecule has 0 spiro atoms. The van der Waals surface area contributed by atoms with Crippen LogP contribution in [0.15, 0.2) is 0 Å². The molecule has 2 aliphatic carbocycles. The van der Waals surface area contributed by atoms with Crippen LogP contribution in [-0.4, -0.2) is 36.8 Å². The first-order chi connectivity index (χ1) is 8.93. The van der Waals surface area contributed by atoms with E-state index in [9.17, 15) is 13.2 Å². The fraction of sp³-hybridized carbons (Fsp3) is 1.00. The molecule has 2 N–H and O–H groups in total. The molecule has 2 rings (SSSR count). The minimum absolute atomic E-state index is 0.290. The van der Waals surface area contributed by atoms with Crippen LogP contribution >= 0.6 is 0 Å². The van der Waals surface area contributed by atoms with Gasteiger partial charge in [0.05, 0.1) is 5.92 Å². The summed E-state index contributed by atoms with van der Waals surface area (Å²) < 4.78 is 38.0. The Kier molecular flexibility index (Phi) is 4.77. The van der Waals surface area contributed by atoms with Crippen LogP contribution in [0.2, 0.25) is 0 Å². The maximum Gasteiger partial charge on any atom is 0.391 e. The number of rotatable bonds is 3. The van der Waals surface area contributed by atoms with E-state index in [0.717, 1.165) is 6.42 Å². The van der Waals surface area contributed by atoms with Crippen molar-refractivity contribution in [1.29, 1.82) is 0 Å². The molecule has 0 aromatic rings. The fourth-order valence-electron chi connectivity index (χ4n) is 3.91. The van der Waals surface area contributed by atoms with Crippen molar-refractivity contribution < 1.29 is 13.2 Å². The van der Waals surface area contributed by atoms with Crippen LogP contribution < -0.4 is 5.73 Å². The molecule has 0 bridgehead atoms. The van der Waals surface area contributed by atoms with Gasteiger partial charge in [0.2, 0.25) is 0 Å². The van der Waals surface area contributed by atoms with E-state index in [0.29, 0.717) is 50.2 Å². The molecule has 2 nitrogen and oxygen atoms in total.